The van der Waals surface area contributed by atoms with Gasteiger partial charge < -0.3 is 5.11 Å². The fraction of sp³-hybridized carbons (Fsp3) is 0.333. The molecule has 0 bridgehead atoms. The Kier molecular flexibility index (Phi) is 3.62. The molecule has 0 spiro atoms. The number of hydrogen-bond donors (Lipinski definition) is 1. The quantitative estimate of drug-likeness (QED) is 0.881. The van der Waals surface area contributed by atoms with Crippen molar-refractivity contribution < 1.29 is 17.9 Å². The van der Waals surface area contributed by atoms with Crippen LogP contribution < -0.4 is 0 Å². The van der Waals surface area contributed by atoms with Crippen molar-refractivity contribution in [1.82, 2.24) is 9.21 Å². The summed E-state index contributed by atoms with van der Waals surface area (Å²) in [6.45, 7) is 1.71. The van der Waals surface area contributed by atoms with Crippen molar-refractivity contribution in [3.63, 3.8) is 0 Å². The fourth-order valence-corrected chi connectivity index (χ4v) is 3.17. The minimum absolute atomic E-state index is 0.0106. The third-order valence-electron chi connectivity index (χ3n) is 2.89. The van der Waals surface area contributed by atoms with E-state index in [1.165, 1.54) is 24.1 Å². The van der Waals surface area contributed by atoms with E-state index >= 15 is 0 Å². The largest absolute Gasteiger partial charge is 0.360 e. The molecule has 104 valence electrons. The van der Waals surface area contributed by atoms with Crippen LogP contribution in [-0.4, -0.2) is 42.7 Å². The Morgan fingerprint density at radius 3 is 2.47 bits per heavy atom. The highest BCUT2D eigenvalue weighted by atomic mass is 32.2. The van der Waals surface area contributed by atoms with Gasteiger partial charge >= 0.3 is 0 Å². The highest BCUT2D eigenvalue weighted by molar-refractivity contribution is 7.89. The van der Waals surface area contributed by atoms with E-state index in [1.54, 1.807) is 12.1 Å². The van der Waals surface area contributed by atoms with Crippen LogP contribution in [0, 0.1) is 6.92 Å². The highest BCUT2D eigenvalue weighted by Gasteiger charge is 2.34. The van der Waals surface area contributed by atoms with E-state index in [0.29, 0.717) is 4.31 Å². The third-order valence-corrected chi connectivity index (χ3v) is 4.60. The SMILES string of the molecule is Cc1ccc(S(=O)(=O)N2C=C(F)CN(C)C2O)cc1. The van der Waals surface area contributed by atoms with Crippen LogP contribution in [-0.2, 0) is 10.0 Å². The van der Waals surface area contributed by atoms with Crippen LogP contribution in [0.3, 0.4) is 0 Å². The Morgan fingerprint density at radius 1 is 1.32 bits per heavy atom. The number of aliphatic hydroxyl groups is 1. The molecule has 7 heteroatoms. The Bertz CT molecular complexity index is 598. The molecule has 0 aromatic heterocycles. The zero-order chi connectivity index (χ0) is 14.2. The molecule has 0 saturated heterocycles. The van der Waals surface area contributed by atoms with Crippen molar-refractivity contribution in [1.29, 1.82) is 0 Å². The topological polar surface area (TPSA) is 60.9 Å². The Hall–Kier alpha value is -1.44. The summed E-state index contributed by atoms with van der Waals surface area (Å²) in [5.74, 6) is -0.622. The maximum Gasteiger partial charge on any atom is 0.267 e. The molecular formula is C12H15FN2O3S. The number of rotatable bonds is 2. The van der Waals surface area contributed by atoms with E-state index in [2.05, 4.69) is 0 Å². The van der Waals surface area contributed by atoms with Gasteiger partial charge in [-0.25, -0.2) is 17.1 Å². The van der Waals surface area contributed by atoms with Gasteiger partial charge in [0.15, 0.2) is 6.35 Å². The standard InChI is InChI=1S/C12H15FN2O3S/c1-9-3-5-11(6-4-9)19(17,18)15-8-10(13)7-14(2)12(15)16/h3-6,8,12,16H,7H2,1-2H3. The molecule has 2 rings (SSSR count). The number of aryl methyl sites for hydroxylation is 1. The molecule has 1 heterocycles. The summed E-state index contributed by atoms with van der Waals surface area (Å²) in [5, 5.41) is 9.87. The van der Waals surface area contributed by atoms with E-state index in [0.717, 1.165) is 11.8 Å². The summed E-state index contributed by atoms with van der Waals surface area (Å²) < 4.78 is 38.6. The van der Waals surface area contributed by atoms with Gasteiger partial charge in [-0.2, -0.15) is 0 Å². The van der Waals surface area contributed by atoms with Gasteiger partial charge in [0, 0.05) is 0 Å². The van der Waals surface area contributed by atoms with Gasteiger partial charge in [0.1, 0.15) is 5.83 Å². The number of aliphatic hydroxyl groups excluding tert-OH is 1. The van der Waals surface area contributed by atoms with Crippen molar-refractivity contribution in [2.24, 2.45) is 0 Å². The van der Waals surface area contributed by atoms with Crippen molar-refractivity contribution in [3.8, 4) is 0 Å². The average Bonchev–Trinajstić information content (AvgIpc) is 2.34. The predicted molar refractivity (Wildman–Crippen MR) is 68.0 cm³/mol. The number of hydrogen-bond acceptors (Lipinski definition) is 4. The highest BCUT2D eigenvalue weighted by Crippen LogP contribution is 2.24. The van der Waals surface area contributed by atoms with Crippen LogP contribution in [0.4, 0.5) is 4.39 Å². The Labute approximate surface area is 111 Å². The van der Waals surface area contributed by atoms with Crippen LogP contribution in [0.2, 0.25) is 0 Å². The molecule has 1 atom stereocenters. The van der Waals surface area contributed by atoms with E-state index in [-0.39, 0.29) is 11.4 Å². The molecule has 1 aliphatic heterocycles. The summed E-state index contributed by atoms with van der Waals surface area (Å²) >= 11 is 0. The molecular weight excluding hydrogens is 271 g/mol. The average molecular weight is 286 g/mol. The van der Waals surface area contributed by atoms with E-state index in [9.17, 15) is 17.9 Å². The summed E-state index contributed by atoms with van der Waals surface area (Å²) in [5.41, 5.74) is 0.914. The first-order valence-electron chi connectivity index (χ1n) is 5.67. The zero-order valence-electron chi connectivity index (χ0n) is 10.6. The zero-order valence-corrected chi connectivity index (χ0v) is 11.4. The smallest absolute Gasteiger partial charge is 0.267 e. The lowest BCUT2D eigenvalue weighted by atomic mass is 10.2. The molecule has 5 nitrogen and oxygen atoms in total. The molecule has 1 unspecified atom stereocenters. The van der Waals surface area contributed by atoms with Gasteiger partial charge in [0.2, 0.25) is 0 Å². The lowest BCUT2D eigenvalue weighted by molar-refractivity contribution is -0.0502. The second kappa shape index (κ2) is 4.92. The van der Waals surface area contributed by atoms with Gasteiger partial charge in [0.05, 0.1) is 17.6 Å². The normalized spacial score (nSPS) is 21.4. The van der Waals surface area contributed by atoms with Gasteiger partial charge in [-0.05, 0) is 26.1 Å². The molecule has 0 aliphatic carbocycles. The molecule has 0 saturated carbocycles. The monoisotopic (exact) mass is 286 g/mol. The summed E-state index contributed by atoms with van der Waals surface area (Å²) in [7, 11) is -2.53. The molecule has 1 N–H and O–H groups in total. The van der Waals surface area contributed by atoms with Crippen molar-refractivity contribution in [3.05, 3.63) is 41.9 Å². The minimum atomic E-state index is -3.97. The first-order chi connectivity index (χ1) is 8.82. The van der Waals surface area contributed by atoms with Gasteiger partial charge in [-0.15, -0.1) is 0 Å². The van der Waals surface area contributed by atoms with Gasteiger partial charge in [-0.1, -0.05) is 17.7 Å². The third kappa shape index (κ3) is 2.63. The van der Waals surface area contributed by atoms with E-state index in [1.807, 2.05) is 6.92 Å². The number of halogens is 1. The van der Waals surface area contributed by atoms with Crippen molar-refractivity contribution in [2.75, 3.05) is 13.6 Å². The maximum atomic E-state index is 13.4. The van der Waals surface area contributed by atoms with Crippen LogP contribution in [0.15, 0.2) is 41.2 Å². The fourth-order valence-electron chi connectivity index (χ4n) is 1.79. The molecule has 0 radical (unpaired) electrons. The van der Waals surface area contributed by atoms with E-state index < -0.39 is 22.2 Å². The Balaban J connectivity index is 2.44. The first-order valence-corrected chi connectivity index (χ1v) is 7.11. The number of benzene rings is 1. The van der Waals surface area contributed by atoms with Crippen molar-refractivity contribution in [2.45, 2.75) is 18.2 Å². The van der Waals surface area contributed by atoms with Crippen LogP contribution in [0.5, 0.6) is 0 Å². The Morgan fingerprint density at radius 2 is 1.89 bits per heavy atom. The second-order valence-corrected chi connectivity index (χ2v) is 6.33. The number of sulfonamides is 1. The minimum Gasteiger partial charge on any atom is -0.360 e. The summed E-state index contributed by atoms with van der Waals surface area (Å²) in [4.78, 5) is 1.21. The summed E-state index contributed by atoms with van der Waals surface area (Å²) in [6, 6.07) is 6.15. The van der Waals surface area contributed by atoms with Crippen LogP contribution >= 0.6 is 0 Å². The van der Waals surface area contributed by atoms with Crippen LogP contribution in [0.25, 0.3) is 0 Å². The predicted octanol–water partition coefficient (Wildman–Crippen LogP) is 1.02. The van der Waals surface area contributed by atoms with Gasteiger partial charge in [-0.3, -0.25) is 4.90 Å². The van der Waals surface area contributed by atoms with Crippen LogP contribution in [0.1, 0.15) is 5.56 Å². The molecule has 0 amide bonds. The molecule has 19 heavy (non-hydrogen) atoms. The molecule has 1 aliphatic rings. The molecule has 1 aromatic carbocycles. The lowest BCUT2D eigenvalue weighted by Crippen LogP contribution is -2.50. The molecule has 0 fully saturated rings. The lowest BCUT2D eigenvalue weighted by Gasteiger charge is -2.35. The number of nitrogens with zero attached hydrogens (tertiary/aromatic N) is 2. The first kappa shape index (κ1) is 14.0. The van der Waals surface area contributed by atoms with Crippen molar-refractivity contribution >= 4 is 10.0 Å². The van der Waals surface area contributed by atoms with Gasteiger partial charge in [0.25, 0.3) is 10.0 Å². The summed E-state index contributed by atoms with van der Waals surface area (Å²) in [6.07, 6.45) is -0.592. The molecule has 1 aromatic rings. The van der Waals surface area contributed by atoms with E-state index in [4.69, 9.17) is 0 Å². The maximum absolute atomic E-state index is 13.4. The number of likely N-dealkylation sites (N-methyl/N-ethyl adjacent to an activating group) is 1. The second-order valence-electron chi connectivity index (χ2n) is 4.49.